The first-order valence-electron chi connectivity index (χ1n) is 9.06. The van der Waals surface area contributed by atoms with Crippen molar-refractivity contribution in [2.24, 2.45) is 0 Å². The molecule has 0 saturated heterocycles. The molecule has 1 unspecified atom stereocenters. The fourth-order valence-corrected chi connectivity index (χ4v) is 2.88. The number of benzene rings is 1. The first-order chi connectivity index (χ1) is 13.4. The van der Waals surface area contributed by atoms with Crippen LogP contribution in [0.5, 0.6) is 11.6 Å². The van der Waals surface area contributed by atoms with E-state index < -0.39 is 0 Å². The summed E-state index contributed by atoms with van der Waals surface area (Å²) in [6.45, 7) is 5.79. The average molecular weight is 377 g/mol. The van der Waals surface area contributed by atoms with Gasteiger partial charge in [-0.05, 0) is 56.7 Å². The van der Waals surface area contributed by atoms with Crippen molar-refractivity contribution >= 4 is 5.91 Å². The summed E-state index contributed by atoms with van der Waals surface area (Å²) in [4.78, 5) is 20.8. The topological polar surface area (TPSA) is 84.3 Å². The molecule has 2 N–H and O–H groups in total. The predicted octanol–water partition coefficient (Wildman–Crippen LogP) is 3.87. The number of rotatable bonds is 6. The SMILES string of the molecule is Cc1cc(C)c(CNC(=O)c2ccc(C(C)Oc3ccccc3)nc2)c(O)n1. The summed E-state index contributed by atoms with van der Waals surface area (Å²) in [5, 5.41) is 12.8. The molecule has 0 saturated carbocycles. The Labute approximate surface area is 164 Å². The summed E-state index contributed by atoms with van der Waals surface area (Å²) in [7, 11) is 0. The van der Waals surface area contributed by atoms with Crippen molar-refractivity contribution in [2.75, 3.05) is 0 Å². The monoisotopic (exact) mass is 377 g/mol. The molecule has 28 heavy (non-hydrogen) atoms. The molecule has 6 heteroatoms. The highest BCUT2D eigenvalue weighted by molar-refractivity contribution is 5.93. The number of carbonyl (C=O) groups is 1. The number of ether oxygens (including phenoxy) is 1. The molecule has 0 radical (unpaired) electrons. The number of aromatic nitrogens is 2. The van der Waals surface area contributed by atoms with Gasteiger partial charge in [0.05, 0.1) is 11.3 Å². The Morgan fingerprint density at radius 3 is 2.57 bits per heavy atom. The standard InChI is InChI=1S/C22H23N3O3/c1-14-11-15(2)25-22(27)19(14)13-24-21(26)17-9-10-20(23-12-17)16(3)28-18-7-5-4-6-8-18/h4-12,16H,13H2,1-3H3,(H,24,26)(H,25,27). The molecule has 6 nitrogen and oxygen atoms in total. The average Bonchev–Trinajstić information content (AvgIpc) is 2.68. The fraction of sp³-hybridized carbons (Fsp3) is 0.227. The summed E-state index contributed by atoms with van der Waals surface area (Å²) >= 11 is 0. The van der Waals surface area contributed by atoms with Crippen LogP contribution >= 0.6 is 0 Å². The molecule has 3 aromatic rings. The number of amides is 1. The maximum absolute atomic E-state index is 12.4. The van der Waals surface area contributed by atoms with Crippen LogP contribution in [-0.4, -0.2) is 21.0 Å². The van der Waals surface area contributed by atoms with Gasteiger partial charge in [-0.2, -0.15) is 0 Å². The summed E-state index contributed by atoms with van der Waals surface area (Å²) in [6, 6.07) is 14.9. The number of para-hydroxylation sites is 1. The van der Waals surface area contributed by atoms with Gasteiger partial charge in [0.2, 0.25) is 5.88 Å². The summed E-state index contributed by atoms with van der Waals surface area (Å²) in [6.07, 6.45) is 1.29. The van der Waals surface area contributed by atoms with Gasteiger partial charge in [-0.25, -0.2) is 4.98 Å². The second kappa shape index (κ2) is 8.52. The minimum atomic E-state index is -0.268. The lowest BCUT2D eigenvalue weighted by Gasteiger charge is -2.14. The van der Waals surface area contributed by atoms with Crippen LogP contribution in [-0.2, 0) is 6.54 Å². The normalized spacial score (nSPS) is 11.7. The molecule has 0 aliphatic heterocycles. The van der Waals surface area contributed by atoms with Gasteiger partial charge in [0, 0.05) is 24.0 Å². The Bertz CT molecular complexity index is 934. The minimum Gasteiger partial charge on any atom is -0.493 e. The molecule has 1 amide bonds. The zero-order valence-corrected chi connectivity index (χ0v) is 16.1. The van der Waals surface area contributed by atoms with Gasteiger partial charge in [-0.15, -0.1) is 0 Å². The van der Waals surface area contributed by atoms with E-state index in [1.165, 1.54) is 6.20 Å². The van der Waals surface area contributed by atoms with Crippen molar-refractivity contribution in [2.45, 2.75) is 33.4 Å². The van der Waals surface area contributed by atoms with Gasteiger partial charge in [0.1, 0.15) is 11.9 Å². The molecule has 1 atom stereocenters. The zero-order valence-electron chi connectivity index (χ0n) is 16.1. The third-order valence-corrected chi connectivity index (χ3v) is 4.40. The first-order valence-corrected chi connectivity index (χ1v) is 9.06. The minimum absolute atomic E-state index is 0.0573. The molecule has 0 spiro atoms. The number of aryl methyl sites for hydroxylation is 2. The van der Waals surface area contributed by atoms with Crippen LogP contribution in [0.1, 0.15) is 45.9 Å². The number of hydrogen-bond donors (Lipinski definition) is 2. The Kier molecular flexibility index (Phi) is 5.89. The van der Waals surface area contributed by atoms with Crippen LogP contribution in [0, 0.1) is 13.8 Å². The van der Waals surface area contributed by atoms with Crippen LogP contribution < -0.4 is 10.1 Å². The molecule has 2 heterocycles. The lowest BCUT2D eigenvalue weighted by molar-refractivity contribution is 0.0950. The number of pyridine rings is 2. The van der Waals surface area contributed by atoms with Crippen LogP contribution in [0.4, 0.5) is 0 Å². The summed E-state index contributed by atoms with van der Waals surface area (Å²) < 4.78 is 5.84. The van der Waals surface area contributed by atoms with E-state index in [9.17, 15) is 9.90 Å². The van der Waals surface area contributed by atoms with E-state index in [4.69, 9.17) is 4.74 Å². The number of aromatic hydroxyl groups is 1. The molecule has 0 aliphatic rings. The Morgan fingerprint density at radius 1 is 1.18 bits per heavy atom. The number of hydrogen-bond acceptors (Lipinski definition) is 5. The molecule has 2 aromatic heterocycles. The van der Waals surface area contributed by atoms with Gasteiger partial charge in [-0.3, -0.25) is 9.78 Å². The zero-order chi connectivity index (χ0) is 20.1. The summed E-state index contributed by atoms with van der Waals surface area (Å²) in [5.41, 5.74) is 3.39. The van der Waals surface area contributed by atoms with Gasteiger partial charge < -0.3 is 15.2 Å². The Morgan fingerprint density at radius 2 is 1.93 bits per heavy atom. The van der Waals surface area contributed by atoms with Gasteiger partial charge in [0.25, 0.3) is 5.91 Å². The lowest BCUT2D eigenvalue weighted by Crippen LogP contribution is -2.23. The van der Waals surface area contributed by atoms with E-state index in [1.54, 1.807) is 12.1 Å². The highest BCUT2D eigenvalue weighted by atomic mass is 16.5. The highest BCUT2D eigenvalue weighted by Crippen LogP contribution is 2.21. The maximum Gasteiger partial charge on any atom is 0.253 e. The van der Waals surface area contributed by atoms with Crippen molar-refractivity contribution in [1.82, 2.24) is 15.3 Å². The lowest BCUT2D eigenvalue weighted by atomic mass is 10.1. The quantitative estimate of drug-likeness (QED) is 0.681. The molecule has 0 bridgehead atoms. The van der Waals surface area contributed by atoms with Crippen LogP contribution in [0.15, 0.2) is 54.7 Å². The highest BCUT2D eigenvalue weighted by Gasteiger charge is 2.13. The van der Waals surface area contributed by atoms with Crippen LogP contribution in [0.25, 0.3) is 0 Å². The summed E-state index contributed by atoms with van der Waals surface area (Å²) in [5.74, 6) is 0.439. The first kappa shape index (κ1) is 19.4. The molecular weight excluding hydrogens is 354 g/mol. The second-order valence-corrected chi connectivity index (χ2v) is 6.61. The Hall–Kier alpha value is -3.41. The van der Waals surface area contributed by atoms with Gasteiger partial charge in [-0.1, -0.05) is 18.2 Å². The van der Waals surface area contributed by atoms with Crippen molar-refractivity contribution in [1.29, 1.82) is 0 Å². The number of carbonyl (C=O) groups excluding carboxylic acids is 1. The third-order valence-electron chi connectivity index (χ3n) is 4.40. The molecule has 0 aliphatic carbocycles. The largest absolute Gasteiger partial charge is 0.493 e. The van der Waals surface area contributed by atoms with E-state index in [-0.39, 0.29) is 24.4 Å². The van der Waals surface area contributed by atoms with E-state index in [0.717, 1.165) is 22.7 Å². The van der Waals surface area contributed by atoms with Gasteiger partial charge >= 0.3 is 0 Å². The van der Waals surface area contributed by atoms with E-state index in [0.29, 0.717) is 11.1 Å². The molecule has 3 rings (SSSR count). The molecule has 1 aromatic carbocycles. The predicted molar refractivity (Wildman–Crippen MR) is 106 cm³/mol. The Balaban J connectivity index is 1.62. The maximum atomic E-state index is 12.4. The van der Waals surface area contributed by atoms with Crippen molar-refractivity contribution < 1.29 is 14.6 Å². The number of nitrogens with zero attached hydrogens (tertiary/aromatic N) is 2. The molecule has 144 valence electrons. The molecular formula is C22H23N3O3. The smallest absolute Gasteiger partial charge is 0.253 e. The van der Waals surface area contributed by atoms with Crippen molar-refractivity contribution in [3.63, 3.8) is 0 Å². The molecule has 0 fully saturated rings. The fourth-order valence-electron chi connectivity index (χ4n) is 2.88. The van der Waals surface area contributed by atoms with Crippen molar-refractivity contribution in [3.8, 4) is 11.6 Å². The second-order valence-electron chi connectivity index (χ2n) is 6.61. The third kappa shape index (κ3) is 4.65. The van der Waals surface area contributed by atoms with Gasteiger partial charge in [0.15, 0.2) is 0 Å². The van der Waals surface area contributed by atoms with Crippen molar-refractivity contribution in [3.05, 3.63) is 82.8 Å². The van der Waals surface area contributed by atoms with E-state index in [1.807, 2.05) is 57.2 Å². The number of nitrogens with one attached hydrogen (secondary N) is 1. The van der Waals surface area contributed by atoms with Crippen LogP contribution in [0.2, 0.25) is 0 Å². The van der Waals surface area contributed by atoms with Crippen LogP contribution in [0.3, 0.4) is 0 Å². The van der Waals surface area contributed by atoms with E-state index >= 15 is 0 Å². The van der Waals surface area contributed by atoms with E-state index in [2.05, 4.69) is 15.3 Å².